The molecule has 5 rings (SSSR count). The van der Waals surface area contributed by atoms with Crippen LogP contribution in [-0.2, 0) is 11.3 Å². The Bertz CT molecular complexity index is 1210. The van der Waals surface area contributed by atoms with Crippen LogP contribution >= 0.6 is 0 Å². The Labute approximate surface area is 160 Å². The number of aryl methyl sites for hydroxylation is 2. The highest BCUT2D eigenvalue weighted by molar-refractivity contribution is 5.86. The first kappa shape index (κ1) is 16.7. The highest BCUT2D eigenvalue weighted by Crippen LogP contribution is 2.37. The summed E-state index contributed by atoms with van der Waals surface area (Å²) in [7, 11) is 0. The maximum Gasteiger partial charge on any atom is 0.304 e. The third kappa shape index (κ3) is 2.76. The summed E-state index contributed by atoms with van der Waals surface area (Å²) >= 11 is 0. The summed E-state index contributed by atoms with van der Waals surface area (Å²) in [6.45, 7) is 2.81. The van der Waals surface area contributed by atoms with E-state index < -0.39 is 5.97 Å². The number of rotatable bonds is 4. The first-order valence-electron chi connectivity index (χ1n) is 9.19. The van der Waals surface area contributed by atoms with E-state index in [4.69, 9.17) is 9.63 Å². The second-order valence-corrected chi connectivity index (χ2v) is 7.25. The second kappa shape index (κ2) is 6.30. The van der Waals surface area contributed by atoms with Crippen molar-refractivity contribution in [3.63, 3.8) is 0 Å². The molecule has 140 valence electrons. The number of aromatic nitrogens is 4. The number of fused-ring (bicyclic) bond motifs is 3. The molecular formula is C21H18N4O3. The van der Waals surface area contributed by atoms with Gasteiger partial charge in [-0.25, -0.2) is 0 Å². The van der Waals surface area contributed by atoms with Crippen molar-refractivity contribution in [2.45, 2.75) is 32.2 Å². The maximum atomic E-state index is 11.1. The van der Waals surface area contributed by atoms with Crippen LogP contribution in [0.25, 0.3) is 33.7 Å². The molecule has 1 aromatic carbocycles. The van der Waals surface area contributed by atoms with Crippen LogP contribution in [0, 0.1) is 6.92 Å². The number of hydrogen-bond donors (Lipinski definition) is 1. The molecule has 1 aliphatic rings. The van der Waals surface area contributed by atoms with E-state index in [1.165, 1.54) is 0 Å². The van der Waals surface area contributed by atoms with Crippen LogP contribution in [0.4, 0.5) is 0 Å². The number of hydrogen-bond acceptors (Lipinski definition) is 5. The van der Waals surface area contributed by atoms with Crippen LogP contribution in [0.5, 0.6) is 0 Å². The molecule has 7 heteroatoms. The minimum absolute atomic E-state index is 0.0685. The molecular weight excluding hydrogens is 356 g/mol. The van der Waals surface area contributed by atoms with Crippen molar-refractivity contribution in [2.75, 3.05) is 0 Å². The van der Waals surface area contributed by atoms with Gasteiger partial charge in [-0.15, -0.1) is 0 Å². The van der Waals surface area contributed by atoms with Gasteiger partial charge in [0.15, 0.2) is 0 Å². The smallest absolute Gasteiger partial charge is 0.304 e. The topological polar surface area (TPSA) is 94.0 Å². The average Bonchev–Trinajstić information content (AvgIpc) is 3.37. The first-order valence-corrected chi connectivity index (χ1v) is 9.19. The van der Waals surface area contributed by atoms with Crippen LogP contribution in [0.2, 0.25) is 0 Å². The van der Waals surface area contributed by atoms with E-state index in [-0.39, 0.29) is 12.3 Å². The van der Waals surface area contributed by atoms with Crippen molar-refractivity contribution in [2.24, 2.45) is 0 Å². The molecule has 1 atom stereocenters. The lowest BCUT2D eigenvalue weighted by Crippen LogP contribution is -2.02. The normalized spacial score (nSPS) is 15.8. The number of carbonyl (C=O) groups is 1. The number of pyridine rings is 1. The van der Waals surface area contributed by atoms with Gasteiger partial charge in [-0.2, -0.15) is 4.98 Å². The quantitative estimate of drug-likeness (QED) is 0.580. The molecule has 1 aliphatic heterocycles. The molecule has 7 nitrogen and oxygen atoms in total. The van der Waals surface area contributed by atoms with Crippen molar-refractivity contribution < 1.29 is 14.4 Å². The van der Waals surface area contributed by atoms with E-state index in [1.54, 1.807) is 12.4 Å². The lowest BCUT2D eigenvalue weighted by Gasteiger charge is -2.04. The van der Waals surface area contributed by atoms with Gasteiger partial charge in [-0.05, 0) is 49.2 Å². The number of nitrogens with zero attached hydrogens (tertiary/aromatic N) is 4. The molecule has 4 aromatic rings. The number of carboxylic acids is 1. The highest BCUT2D eigenvalue weighted by Gasteiger charge is 2.26. The zero-order chi connectivity index (χ0) is 19.3. The Morgan fingerprint density at radius 3 is 2.96 bits per heavy atom. The molecule has 0 radical (unpaired) electrons. The van der Waals surface area contributed by atoms with Crippen molar-refractivity contribution in [3.05, 3.63) is 54.0 Å². The van der Waals surface area contributed by atoms with Gasteiger partial charge in [-0.3, -0.25) is 9.78 Å². The molecule has 1 N–H and O–H groups in total. The third-order valence-corrected chi connectivity index (χ3v) is 5.28. The zero-order valence-electron chi connectivity index (χ0n) is 15.3. The van der Waals surface area contributed by atoms with Gasteiger partial charge in [0.2, 0.25) is 5.82 Å². The molecule has 0 unspecified atom stereocenters. The van der Waals surface area contributed by atoms with Crippen LogP contribution in [0.3, 0.4) is 0 Å². The van der Waals surface area contributed by atoms with E-state index in [0.717, 1.165) is 46.3 Å². The summed E-state index contributed by atoms with van der Waals surface area (Å²) in [4.78, 5) is 19.8. The molecule has 0 aliphatic carbocycles. The first-order chi connectivity index (χ1) is 13.6. The number of benzene rings is 1. The standard InChI is InChI=1S/C21H18N4O3/c1-12-6-16(11-22-10-12)21-23-20(24-28-21)14-2-3-17-15(7-14)8-18-13(9-19(26)27)4-5-25(17)18/h2-3,6-8,10-11,13H,4-5,9H2,1H3,(H,26,27)/t13-/m0/s1. The monoisotopic (exact) mass is 374 g/mol. The molecule has 4 heterocycles. The Morgan fingerprint density at radius 1 is 1.25 bits per heavy atom. The Hall–Kier alpha value is -3.48. The molecule has 28 heavy (non-hydrogen) atoms. The summed E-state index contributed by atoms with van der Waals surface area (Å²) < 4.78 is 7.64. The molecule has 0 amide bonds. The molecule has 0 bridgehead atoms. The summed E-state index contributed by atoms with van der Waals surface area (Å²) in [5.41, 5.74) is 4.88. The Morgan fingerprint density at radius 2 is 2.14 bits per heavy atom. The van der Waals surface area contributed by atoms with Gasteiger partial charge < -0.3 is 14.2 Å². The van der Waals surface area contributed by atoms with Crippen molar-refractivity contribution in [1.82, 2.24) is 19.7 Å². The lowest BCUT2D eigenvalue weighted by atomic mass is 10.0. The minimum atomic E-state index is -0.755. The fraction of sp³-hybridized carbons (Fsp3) is 0.238. The largest absolute Gasteiger partial charge is 0.481 e. The molecule has 0 saturated heterocycles. The fourth-order valence-corrected chi connectivity index (χ4v) is 4.00. The van der Waals surface area contributed by atoms with E-state index in [1.807, 2.05) is 31.2 Å². The summed E-state index contributed by atoms with van der Waals surface area (Å²) in [5, 5.41) is 14.3. The minimum Gasteiger partial charge on any atom is -0.481 e. The van der Waals surface area contributed by atoms with Crippen molar-refractivity contribution in [3.8, 4) is 22.8 Å². The fourth-order valence-electron chi connectivity index (χ4n) is 4.00. The molecule has 0 spiro atoms. The van der Waals surface area contributed by atoms with Crippen LogP contribution < -0.4 is 0 Å². The van der Waals surface area contributed by atoms with E-state index in [2.05, 4.69) is 25.8 Å². The van der Waals surface area contributed by atoms with Gasteiger partial charge in [0.1, 0.15) is 0 Å². The Kier molecular flexibility index (Phi) is 3.75. The predicted molar refractivity (Wildman–Crippen MR) is 103 cm³/mol. The van der Waals surface area contributed by atoms with Gasteiger partial charge in [0, 0.05) is 47.0 Å². The Balaban J connectivity index is 1.50. The third-order valence-electron chi connectivity index (χ3n) is 5.28. The zero-order valence-corrected chi connectivity index (χ0v) is 15.3. The van der Waals surface area contributed by atoms with E-state index in [9.17, 15) is 4.79 Å². The van der Waals surface area contributed by atoms with Gasteiger partial charge >= 0.3 is 5.97 Å². The molecule has 0 saturated carbocycles. The number of carboxylic acid groups (broad SMARTS) is 1. The summed E-state index contributed by atoms with van der Waals surface area (Å²) in [6, 6.07) is 10.1. The second-order valence-electron chi connectivity index (χ2n) is 7.25. The maximum absolute atomic E-state index is 11.1. The highest BCUT2D eigenvalue weighted by atomic mass is 16.5. The van der Waals surface area contributed by atoms with Crippen molar-refractivity contribution >= 4 is 16.9 Å². The van der Waals surface area contributed by atoms with E-state index >= 15 is 0 Å². The van der Waals surface area contributed by atoms with Gasteiger partial charge in [-0.1, -0.05) is 5.16 Å². The lowest BCUT2D eigenvalue weighted by molar-refractivity contribution is -0.137. The summed E-state index contributed by atoms with van der Waals surface area (Å²) in [5.74, 6) is 0.271. The summed E-state index contributed by atoms with van der Waals surface area (Å²) in [6.07, 6.45) is 4.52. The van der Waals surface area contributed by atoms with Crippen molar-refractivity contribution in [1.29, 1.82) is 0 Å². The van der Waals surface area contributed by atoms with Crippen LogP contribution in [0.1, 0.15) is 30.0 Å². The van der Waals surface area contributed by atoms with Crippen LogP contribution in [0.15, 0.2) is 47.2 Å². The van der Waals surface area contributed by atoms with Gasteiger partial charge in [0.05, 0.1) is 12.0 Å². The average molecular weight is 374 g/mol. The van der Waals surface area contributed by atoms with Gasteiger partial charge in [0.25, 0.3) is 5.89 Å². The number of aliphatic carboxylic acids is 1. The van der Waals surface area contributed by atoms with E-state index in [0.29, 0.717) is 11.7 Å². The molecule has 0 fully saturated rings. The molecule has 3 aromatic heterocycles. The van der Waals surface area contributed by atoms with Crippen LogP contribution in [-0.4, -0.2) is 30.8 Å². The predicted octanol–water partition coefficient (Wildman–Crippen LogP) is 4.02. The SMILES string of the molecule is Cc1cncc(-c2nc(-c3ccc4c(c3)cc3n4CC[C@H]3CC(=O)O)no2)c1.